The molecular weight excluding hydrogens is 445 g/mol. The molecule has 168 valence electrons. The molecule has 1 heterocycles. The monoisotopic (exact) mass is 465 g/mol. The molecule has 0 bridgehead atoms. The number of nitrogens with zero attached hydrogens (tertiary/aromatic N) is 1. The van der Waals surface area contributed by atoms with Crippen molar-refractivity contribution in [2.24, 2.45) is 0 Å². The topological polar surface area (TPSA) is 72.9 Å². The van der Waals surface area contributed by atoms with Gasteiger partial charge >= 0.3 is 5.97 Å². The molecule has 0 aromatic heterocycles. The Bertz CT molecular complexity index is 1260. The van der Waals surface area contributed by atoms with Crippen molar-refractivity contribution in [2.75, 3.05) is 13.2 Å². The van der Waals surface area contributed by atoms with Gasteiger partial charge in [-0.15, -0.1) is 0 Å². The summed E-state index contributed by atoms with van der Waals surface area (Å²) in [6.07, 6.45) is 1.61. The Kier molecular flexibility index (Phi) is 6.74. The number of carbonyl (C=O) groups excluding carboxylic acids is 3. The summed E-state index contributed by atoms with van der Waals surface area (Å²) in [4.78, 5) is 38.1. The van der Waals surface area contributed by atoms with Crippen molar-refractivity contribution in [1.82, 2.24) is 4.90 Å². The fraction of sp³-hybridized carbons (Fsp3) is 0.160. The molecule has 0 saturated carbocycles. The quantitative estimate of drug-likeness (QED) is 0.355. The number of halogens is 1. The van der Waals surface area contributed by atoms with Crippen molar-refractivity contribution in [1.29, 1.82) is 0 Å². The molecule has 1 fully saturated rings. The van der Waals surface area contributed by atoms with Crippen molar-refractivity contribution in [3.63, 3.8) is 0 Å². The highest BCUT2D eigenvalue weighted by Gasteiger charge is 2.37. The standard InChI is InChI=1S/C25H20FNO5S/c1-2-31-23(28)14-27-24(29)22(33-25(27)30)13-20-19-6-4-3-5-17(19)9-12-21(20)32-15-16-7-10-18(26)11-8-16/h3-13H,2,14-15H2,1H3/b22-13+. The van der Waals surface area contributed by atoms with E-state index in [0.29, 0.717) is 11.3 Å². The first-order valence-electron chi connectivity index (χ1n) is 10.3. The molecule has 33 heavy (non-hydrogen) atoms. The van der Waals surface area contributed by atoms with Gasteiger partial charge in [0.2, 0.25) is 0 Å². The van der Waals surface area contributed by atoms with Gasteiger partial charge in [-0.25, -0.2) is 4.39 Å². The van der Waals surface area contributed by atoms with Crippen LogP contribution >= 0.6 is 11.8 Å². The van der Waals surface area contributed by atoms with Gasteiger partial charge in [-0.2, -0.15) is 0 Å². The van der Waals surface area contributed by atoms with Crippen LogP contribution in [0.2, 0.25) is 0 Å². The second kappa shape index (κ2) is 9.87. The van der Waals surface area contributed by atoms with E-state index >= 15 is 0 Å². The zero-order chi connectivity index (χ0) is 23.4. The number of thioether (sulfide) groups is 1. The Labute approximate surface area is 194 Å². The Morgan fingerprint density at radius 1 is 1.06 bits per heavy atom. The van der Waals surface area contributed by atoms with E-state index in [1.165, 1.54) is 12.1 Å². The fourth-order valence-corrected chi connectivity index (χ4v) is 4.22. The lowest BCUT2D eigenvalue weighted by Crippen LogP contribution is -2.34. The number of benzene rings is 3. The second-order valence-electron chi connectivity index (χ2n) is 7.19. The Morgan fingerprint density at radius 3 is 2.58 bits per heavy atom. The molecule has 1 saturated heterocycles. The van der Waals surface area contributed by atoms with Crippen molar-refractivity contribution in [3.05, 3.63) is 82.5 Å². The van der Waals surface area contributed by atoms with Crippen molar-refractivity contribution < 1.29 is 28.2 Å². The van der Waals surface area contributed by atoms with Gasteiger partial charge in [0.05, 0.1) is 11.5 Å². The summed E-state index contributed by atoms with van der Waals surface area (Å²) in [6.45, 7) is 1.58. The van der Waals surface area contributed by atoms with E-state index in [4.69, 9.17) is 9.47 Å². The predicted octanol–water partition coefficient (Wildman–Crippen LogP) is 5.16. The molecule has 3 aromatic carbocycles. The molecule has 0 radical (unpaired) electrons. The third-order valence-electron chi connectivity index (χ3n) is 4.98. The molecule has 0 spiro atoms. The van der Waals surface area contributed by atoms with Crippen LogP contribution in [0.3, 0.4) is 0 Å². The van der Waals surface area contributed by atoms with Crippen molar-refractivity contribution in [3.8, 4) is 5.75 Å². The number of imide groups is 1. The summed E-state index contributed by atoms with van der Waals surface area (Å²) >= 11 is 0.764. The maximum atomic E-state index is 13.2. The minimum Gasteiger partial charge on any atom is -0.488 e. The smallest absolute Gasteiger partial charge is 0.326 e. The van der Waals surface area contributed by atoms with Gasteiger partial charge < -0.3 is 9.47 Å². The van der Waals surface area contributed by atoms with E-state index in [9.17, 15) is 18.8 Å². The molecule has 0 aliphatic carbocycles. The third-order valence-corrected chi connectivity index (χ3v) is 5.89. The van der Waals surface area contributed by atoms with E-state index < -0.39 is 23.7 Å². The lowest BCUT2D eigenvalue weighted by atomic mass is 10.0. The highest BCUT2D eigenvalue weighted by atomic mass is 32.2. The zero-order valence-electron chi connectivity index (χ0n) is 17.7. The zero-order valence-corrected chi connectivity index (χ0v) is 18.6. The van der Waals surface area contributed by atoms with Crippen molar-refractivity contribution in [2.45, 2.75) is 13.5 Å². The highest BCUT2D eigenvalue weighted by molar-refractivity contribution is 8.18. The highest BCUT2D eigenvalue weighted by Crippen LogP contribution is 2.37. The molecular formula is C25H20FNO5S. The van der Waals surface area contributed by atoms with E-state index in [1.807, 2.05) is 30.3 Å². The van der Waals surface area contributed by atoms with Gasteiger partial charge in [0.1, 0.15) is 24.7 Å². The summed E-state index contributed by atoms with van der Waals surface area (Å²) in [7, 11) is 0. The number of ether oxygens (including phenoxy) is 2. The molecule has 4 rings (SSSR count). The first kappa shape index (κ1) is 22.5. The number of amides is 2. The maximum absolute atomic E-state index is 13.2. The largest absolute Gasteiger partial charge is 0.488 e. The van der Waals surface area contributed by atoms with E-state index in [1.54, 1.807) is 31.2 Å². The molecule has 3 aromatic rings. The van der Waals surface area contributed by atoms with Gasteiger partial charge in [-0.05, 0) is 59.3 Å². The van der Waals surface area contributed by atoms with Crippen LogP contribution in [0.1, 0.15) is 18.1 Å². The van der Waals surface area contributed by atoms with Crippen LogP contribution in [-0.4, -0.2) is 35.2 Å². The van der Waals surface area contributed by atoms with Gasteiger partial charge in [0.15, 0.2) is 0 Å². The summed E-state index contributed by atoms with van der Waals surface area (Å²) in [5, 5.41) is 1.24. The molecule has 0 unspecified atom stereocenters. The van der Waals surface area contributed by atoms with Gasteiger partial charge in [0, 0.05) is 5.56 Å². The van der Waals surface area contributed by atoms with Crippen LogP contribution in [0.4, 0.5) is 9.18 Å². The minimum absolute atomic E-state index is 0.162. The third kappa shape index (κ3) is 5.06. The lowest BCUT2D eigenvalue weighted by molar-refractivity contribution is -0.145. The average molecular weight is 466 g/mol. The average Bonchev–Trinajstić information content (AvgIpc) is 3.07. The number of esters is 1. The summed E-state index contributed by atoms with van der Waals surface area (Å²) in [6, 6.07) is 17.3. The normalized spacial score (nSPS) is 14.8. The SMILES string of the molecule is CCOC(=O)CN1C(=O)S/C(=C/c2c(OCc3ccc(F)cc3)ccc3ccccc23)C1=O. The molecule has 6 nitrogen and oxygen atoms in total. The number of hydrogen-bond donors (Lipinski definition) is 0. The van der Waals surface area contributed by atoms with Crippen LogP contribution in [0.5, 0.6) is 5.75 Å². The van der Waals surface area contributed by atoms with E-state index in [0.717, 1.165) is 33.0 Å². The molecule has 0 N–H and O–H groups in total. The van der Waals surface area contributed by atoms with Crippen LogP contribution < -0.4 is 4.74 Å². The summed E-state index contributed by atoms with van der Waals surface area (Å²) in [5.41, 5.74) is 1.42. The van der Waals surface area contributed by atoms with Crippen molar-refractivity contribution >= 4 is 45.7 Å². The van der Waals surface area contributed by atoms with E-state index in [-0.39, 0.29) is 23.9 Å². The summed E-state index contributed by atoms with van der Waals surface area (Å²) < 4.78 is 24.1. The number of carbonyl (C=O) groups is 3. The van der Waals surface area contributed by atoms with Gasteiger partial charge in [-0.1, -0.05) is 42.5 Å². The van der Waals surface area contributed by atoms with Crippen LogP contribution in [0, 0.1) is 5.82 Å². The lowest BCUT2D eigenvalue weighted by Gasteiger charge is -2.13. The van der Waals surface area contributed by atoms with Crippen LogP contribution in [0.25, 0.3) is 16.8 Å². The fourth-order valence-electron chi connectivity index (χ4n) is 3.40. The minimum atomic E-state index is -0.644. The molecule has 8 heteroatoms. The van der Waals surface area contributed by atoms with Gasteiger partial charge in [-0.3, -0.25) is 19.3 Å². The Morgan fingerprint density at radius 2 is 1.82 bits per heavy atom. The first-order chi connectivity index (χ1) is 16.0. The Hall–Kier alpha value is -3.65. The number of hydrogen-bond acceptors (Lipinski definition) is 6. The Balaban J connectivity index is 1.67. The first-order valence-corrected chi connectivity index (χ1v) is 11.1. The molecule has 1 aliphatic heterocycles. The molecule has 2 amide bonds. The predicted molar refractivity (Wildman–Crippen MR) is 124 cm³/mol. The summed E-state index contributed by atoms with van der Waals surface area (Å²) in [5.74, 6) is -1.02. The van der Waals surface area contributed by atoms with Crippen LogP contribution in [0.15, 0.2) is 65.6 Å². The molecule has 1 aliphatic rings. The second-order valence-corrected chi connectivity index (χ2v) is 8.18. The maximum Gasteiger partial charge on any atom is 0.326 e. The number of rotatable bonds is 7. The van der Waals surface area contributed by atoms with Gasteiger partial charge in [0.25, 0.3) is 11.1 Å². The van der Waals surface area contributed by atoms with E-state index in [2.05, 4.69) is 0 Å². The van der Waals surface area contributed by atoms with Crippen LogP contribution in [-0.2, 0) is 20.9 Å². The molecule has 0 atom stereocenters. The number of fused-ring (bicyclic) bond motifs is 1.